The predicted molar refractivity (Wildman–Crippen MR) is 89.4 cm³/mol. The zero-order chi connectivity index (χ0) is 14.3. The van der Waals surface area contributed by atoms with Gasteiger partial charge in [0.25, 0.3) is 0 Å². The van der Waals surface area contributed by atoms with Gasteiger partial charge in [0.1, 0.15) is 0 Å². The van der Waals surface area contributed by atoms with Crippen LogP contribution in [0.15, 0.2) is 39.6 Å². The van der Waals surface area contributed by atoms with Gasteiger partial charge in [0.2, 0.25) is 0 Å². The summed E-state index contributed by atoms with van der Waals surface area (Å²) in [5.41, 5.74) is 8.42. The average Bonchev–Trinajstić information content (AvgIpc) is 2.75. The van der Waals surface area contributed by atoms with Crippen molar-refractivity contribution in [2.45, 2.75) is 16.2 Å². The van der Waals surface area contributed by atoms with Gasteiger partial charge in [0.15, 0.2) is 4.34 Å². The highest BCUT2D eigenvalue weighted by Crippen LogP contribution is 2.40. The van der Waals surface area contributed by atoms with Crippen LogP contribution in [0.5, 0.6) is 0 Å². The molecule has 2 aromatic carbocycles. The third kappa shape index (κ3) is 2.74. The van der Waals surface area contributed by atoms with E-state index in [1.54, 1.807) is 29.2 Å². The summed E-state index contributed by atoms with van der Waals surface area (Å²) in [6, 6.07) is 9.41. The largest absolute Gasteiger partial charge is 0.399 e. The van der Waals surface area contributed by atoms with Gasteiger partial charge < -0.3 is 5.73 Å². The van der Waals surface area contributed by atoms with Gasteiger partial charge in [-0.25, -0.2) is 4.98 Å². The second kappa shape index (κ2) is 5.45. The molecular formula is C14H10Cl2N2S2. The highest BCUT2D eigenvalue weighted by molar-refractivity contribution is 8.01. The van der Waals surface area contributed by atoms with Crippen molar-refractivity contribution in [1.82, 2.24) is 4.98 Å². The summed E-state index contributed by atoms with van der Waals surface area (Å²) in [6.45, 7) is 1.99. The number of anilines is 1. The molecule has 3 rings (SSSR count). The molecule has 0 saturated heterocycles. The maximum Gasteiger partial charge on any atom is 0.155 e. The molecule has 0 spiro atoms. The minimum atomic E-state index is 0.657. The van der Waals surface area contributed by atoms with Crippen LogP contribution in [0.1, 0.15) is 5.56 Å². The number of nitrogen functional groups attached to an aromatic ring is 1. The van der Waals surface area contributed by atoms with Crippen molar-refractivity contribution < 1.29 is 0 Å². The van der Waals surface area contributed by atoms with Gasteiger partial charge in [-0.1, -0.05) is 35.0 Å². The fourth-order valence-corrected chi connectivity index (χ4v) is 4.51. The second-order valence-electron chi connectivity index (χ2n) is 4.34. The van der Waals surface area contributed by atoms with E-state index in [1.165, 1.54) is 0 Å². The van der Waals surface area contributed by atoms with Crippen molar-refractivity contribution in [3.05, 3.63) is 45.9 Å². The topological polar surface area (TPSA) is 38.9 Å². The molecule has 0 amide bonds. The van der Waals surface area contributed by atoms with E-state index in [0.29, 0.717) is 15.7 Å². The summed E-state index contributed by atoms with van der Waals surface area (Å²) < 4.78 is 2.05. The number of benzene rings is 2. The lowest BCUT2D eigenvalue weighted by Crippen LogP contribution is -1.88. The molecule has 6 heteroatoms. The monoisotopic (exact) mass is 340 g/mol. The molecule has 0 unspecified atom stereocenters. The van der Waals surface area contributed by atoms with Gasteiger partial charge in [0, 0.05) is 15.6 Å². The first-order valence-electron chi connectivity index (χ1n) is 5.82. The Morgan fingerprint density at radius 1 is 1.20 bits per heavy atom. The normalized spacial score (nSPS) is 11.2. The number of fused-ring (bicyclic) bond motifs is 1. The molecule has 2 N–H and O–H groups in total. The van der Waals surface area contributed by atoms with Crippen LogP contribution in [0.4, 0.5) is 5.69 Å². The minimum absolute atomic E-state index is 0.657. The Kier molecular flexibility index (Phi) is 3.82. The molecule has 0 aliphatic carbocycles. The third-order valence-electron chi connectivity index (χ3n) is 2.77. The summed E-state index contributed by atoms with van der Waals surface area (Å²) in [7, 11) is 0. The summed E-state index contributed by atoms with van der Waals surface area (Å²) in [5.74, 6) is 0. The molecule has 3 aromatic rings. The molecule has 20 heavy (non-hydrogen) atoms. The fraction of sp³-hybridized carbons (Fsp3) is 0.0714. The van der Waals surface area contributed by atoms with Crippen LogP contribution in [0, 0.1) is 6.92 Å². The quantitative estimate of drug-likeness (QED) is 0.613. The summed E-state index contributed by atoms with van der Waals surface area (Å²) in [4.78, 5) is 5.57. The molecule has 2 nitrogen and oxygen atoms in total. The number of aryl methyl sites for hydroxylation is 1. The summed E-state index contributed by atoms with van der Waals surface area (Å²) in [5, 5.41) is 1.35. The number of aromatic nitrogens is 1. The van der Waals surface area contributed by atoms with Gasteiger partial charge in [-0.3, -0.25) is 0 Å². The molecule has 0 aliphatic rings. The highest BCUT2D eigenvalue weighted by atomic mass is 35.5. The van der Waals surface area contributed by atoms with Crippen LogP contribution in [-0.4, -0.2) is 4.98 Å². The third-order valence-corrected chi connectivity index (χ3v) is 5.76. The van der Waals surface area contributed by atoms with E-state index in [9.17, 15) is 0 Å². The lowest BCUT2D eigenvalue weighted by Gasteiger charge is -2.07. The molecule has 0 aliphatic heterocycles. The van der Waals surface area contributed by atoms with Crippen molar-refractivity contribution in [3.8, 4) is 0 Å². The minimum Gasteiger partial charge on any atom is -0.399 e. The van der Waals surface area contributed by atoms with Crippen LogP contribution in [0.25, 0.3) is 10.2 Å². The van der Waals surface area contributed by atoms with E-state index in [0.717, 1.165) is 25.0 Å². The zero-order valence-corrected chi connectivity index (χ0v) is 13.6. The zero-order valence-electron chi connectivity index (χ0n) is 10.5. The molecule has 0 fully saturated rings. The Balaban J connectivity index is 2.01. The van der Waals surface area contributed by atoms with E-state index in [-0.39, 0.29) is 0 Å². The summed E-state index contributed by atoms with van der Waals surface area (Å²) in [6.07, 6.45) is 0. The van der Waals surface area contributed by atoms with Crippen LogP contribution >= 0.6 is 46.3 Å². The van der Waals surface area contributed by atoms with E-state index >= 15 is 0 Å². The number of hydrogen-bond acceptors (Lipinski definition) is 4. The SMILES string of the molecule is Cc1cc(N)cc(Cl)c1Sc1nc2cc(Cl)ccc2s1. The van der Waals surface area contributed by atoms with Crippen molar-refractivity contribution in [1.29, 1.82) is 0 Å². The maximum absolute atomic E-state index is 6.26. The van der Waals surface area contributed by atoms with E-state index in [2.05, 4.69) is 4.98 Å². The van der Waals surface area contributed by atoms with Crippen LogP contribution in [0.2, 0.25) is 10.0 Å². The molecule has 0 bridgehead atoms. The molecule has 1 aromatic heterocycles. The number of rotatable bonds is 2. The lowest BCUT2D eigenvalue weighted by molar-refractivity contribution is 1.26. The molecule has 102 valence electrons. The Hall–Kier alpha value is -0.940. The van der Waals surface area contributed by atoms with E-state index in [1.807, 2.05) is 31.2 Å². The molecule has 1 heterocycles. The van der Waals surface area contributed by atoms with Crippen LogP contribution in [-0.2, 0) is 0 Å². The fourth-order valence-electron chi connectivity index (χ4n) is 1.90. The van der Waals surface area contributed by atoms with Crippen LogP contribution in [0.3, 0.4) is 0 Å². The molecule has 0 radical (unpaired) electrons. The Labute approximate surface area is 134 Å². The first-order chi connectivity index (χ1) is 9.52. The first-order valence-corrected chi connectivity index (χ1v) is 8.21. The van der Waals surface area contributed by atoms with Crippen LogP contribution < -0.4 is 5.73 Å². The molecule has 0 saturated carbocycles. The lowest BCUT2D eigenvalue weighted by atomic mass is 10.2. The Bertz CT molecular complexity index is 776. The average molecular weight is 341 g/mol. The maximum atomic E-state index is 6.26. The first kappa shape index (κ1) is 14.0. The van der Waals surface area contributed by atoms with Gasteiger partial charge >= 0.3 is 0 Å². The van der Waals surface area contributed by atoms with Gasteiger partial charge in [0.05, 0.1) is 15.2 Å². The van der Waals surface area contributed by atoms with Crippen molar-refractivity contribution in [3.63, 3.8) is 0 Å². The number of thiazole rings is 1. The van der Waals surface area contributed by atoms with Gasteiger partial charge in [-0.15, -0.1) is 11.3 Å². The number of nitrogens with two attached hydrogens (primary N) is 1. The van der Waals surface area contributed by atoms with E-state index in [4.69, 9.17) is 28.9 Å². The highest BCUT2D eigenvalue weighted by Gasteiger charge is 2.11. The Morgan fingerprint density at radius 2 is 2.00 bits per heavy atom. The smallest absolute Gasteiger partial charge is 0.155 e. The second-order valence-corrected chi connectivity index (χ2v) is 7.47. The van der Waals surface area contributed by atoms with Crippen molar-refractivity contribution in [2.75, 3.05) is 5.73 Å². The standard InChI is InChI=1S/C14H10Cl2N2S2/c1-7-4-9(17)6-10(16)13(7)20-14-18-11-5-8(15)2-3-12(11)19-14/h2-6H,17H2,1H3. The van der Waals surface area contributed by atoms with E-state index < -0.39 is 0 Å². The summed E-state index contributed by atoms with van der Waals surface area (Å²) >= 11 is 15.4. The number of nitrogens with zero attached hydrogens (tertiary/aromatic N) is 1. The molecular weight excluding hydrogens is 331 g/mol. The number of hydrogen-bond donors (Lipinski definition) is 1. The van der Waals surface area contributed by atoms with Crippen molar-refractivity contribution >= 4 is 62.2 Å². The number of halogens is 2. The predicted octanol–water partition coefficient (Wildman–Crippen LogP) is 5.64. The van der Waals surface area contributed by atoms with Gasteiger partial charge in [-0.2, -0.15) is 0 Å². The Morgan fingerprint density at radius 3 is 2.75 bits per heavy atom. The van der Waals surface area contributed by atoms with Crippen molar-refractivity contribution in [2.24, 2.45) is 0 Å². The molecule has 0 atom stereocenters. The van der Waals surface area contributed by atoms with Gasteiger partial charge in [-0.05, 0) is 42.8 Å².